The van der Waals surface area contributed by atoms with Crippen LogP contribution in [0.15, 0.2) is 0 Å². The van der Waals surface area contributed by atoms with Crippen LogP contribution in [0.5, 0.6) is 0 Å². The van der Waals surface area contributed by atoms with Gasteiger partial charge in [0.05, 0.1) is 0 Å². The summed E-state index contributed by atoms with van der Waals surface area (Å²) in [5, 5.41) is 12.5. The molecule has 0 aromatic heterocycles. The van der Waals surface area contributed by atoms with Gasteiger partial charge < -0.3 is 24.6 Å². The number of carbonyl (C=O) groups is 1. The number of aliphatic hydroxyl groups is 1. The average Bonchev–Trinajstić information content (AvgIpc) is 2.58. The zero-order valence-corrected chi connectivity index (χ0v) is 9.60. The van der Waals surface area contributed by atoms with Crippen LogP contribution in [0, 0.1) is 0 Å². The van der Waals surface area contributed by atoms with Crippen LogP contribution >= 0.6 is 0 Å². The Morgan fingerprint density at radius 3 is 2.69 bits per heavy atom. The van der Waals surface area contributed by atoms with Crippen LogP contribution in [0.2, 0.25) is 0 Å². The third kappa shape index (κ3) is 2.20. The summed E-state index contributed by atoms with van der Waals surface area (Å²) in [4.78, 5) is 10.7. The van der Waals surface area contributed by atoms with E-state index in [1.54, 1.807) is 13.8 Å². The molecule has 2 fully saturated rings. The maximum atomic E-state index is 10.7. The van der Waals surface area contributed by atoms with E-state index in [1.165, 1.54) is 6.92 Å². The third-order valence-corrected chi connectivity index (χ3v) is 2.67. The second kappa shape index (κ2) is 3.96. The molecule has 6 nitrogen and oxygen atoms in total. The lowest BCUT2D eigenvalue weighted by atomic mass is 10.1. The van der Waals surface area contributed by atoms with Gasteiger partial charge in [-0.2, -0.15) is 0 Å². The first-order valence-electron chi connectivity index (χ1n) is 5.33. The zero-order valence-electron chi connectivity index (χ0n) is 9.60. The minimum Gasteiger partial charge on any atom is -0.387 e. The van der Waals surface area contributed by atoms with Gasteiger partial charge >= 0.3 is 0 Å². The van der Waals surface area contributed by atoms with Crippen molar-refractivity contribution in [3.8, 4) is 0 Å². The summed E-state index contributed by atoms with van der Waals surface area (Å²) < 4.78 is 16.4. The minimum absolute atomic E-state index is 0.157. The first-order valence-corrected chi connectivity index (χ1v) is 5.33. The predicted octanol–water partition coefficient (Wildman–Crippen LogP) is -0.640. The third-order valence-electron chi connectivity index (χ3n) is 2.67. The van der Waals surface area contributed by atoms with Gasteiger partial charge in [0.15, 0.2) is 12.1 Å². The smallest absolute Gasteiger partial charge is 0.216 e. The van der Waals surface area contributed by atoms with Crippen molar-refractivity contribution in [2.75, 3.05) is 6.54 Å². The highest BCUT2D eigenvalue weighted by molar-refractivity contribution is 5.72. The number of carbonyl (C=O) groups excluding carboxylic acids is 1. The first-order chi connectivity index (χ1) is 7.39. The van der Waals surface area contributed by atoms with Crippen molar-refractivity contribution in [2.24, 2.45) is 0 Å². The lowest BCUT2D eigenvalue weighted by molar-refractivity contribution is -0.214. The fraction of sp³-hybridized carbons (Fsp3) is 0.900. The standard InChI is InChI=1S/C10H17NO5/c1-5(12)11-4-6-7(13)8-9(14-6)16-10(2,3)15-8/h6-9,13H,4H2,1-3H3,(H,11,12)/t6-,7+,8-,9-/m1/s1. The van der Waals surface area contributed by atoms with Gasteiger partial charge in [-0.3, -0.25) is 4.79 Å². The lowest BCUT2D eigenvalue weighted by Gasteiger charge is -2.22. The molecule has 2 rings (SSSR count). The van der Waals surface area contributed by atoms with E-state index >= 15 is 0 Å². The molecule has 2 heterocycles. The van der Waals surface area contributed by atoms with E-state index < -0.39 is 30.4 Å². The highest BCUT2D eigenvalue weighted by Crippen LogP contribution is 2.37. The van der Waals surface area contributed by atoms with Crippen LogP contribution in [-0.2, 0) is 19.0 Å². The van der Waals surface area contributed by atoms with E-state index in [4.69, 9.17) is 14.2 Å². The summed E-state index contributed by atoms with van der Waals surface area (Å²) in [5.74, 6) is -0.884. The van der Waals surface area contributed by atoms with E-state index in [-0.39, 0.29) is 12.5 Å². The number of rotatable bonds is 2. The van der Waals surface area contributed by atoms with Crippen LogP contribution < -0.4 is 5.32 Å². The Balaban J connectivity index is 1.92. The van der Waals surface area contributed by atoms with Gasteiger partial charge in [-0.05, 0) is 13.8 Å². The lowest BCUT2D eigenvalue weighted by Crippen LogP contribution is -2.40. The molecule has 0 radical (unpaired) electrons. The topological polar surface area (TPSA) is 77.0 Å². The van der Waals surface area contributed by atoms with Gasteiger partial charge in [0.25, 0.3) is 0 Å². The van der Waals surface area contributed by atoms with Gasteiger partial charge in [-0.25, -0.2) is 0 Å². The molecule has 16 heavy (non-hydrogen) atoms. The monoisotopic (exact) mass is 231 g/mol. The van der Waals surface area contributed by atoms with E-state index in [1.807, 2.05) is 0 Å². The van der Waals surface area contributed by atoms with Crippen molar-refractivity contribution in [2.45, 2.75) is 51.2 Å². The van der Waals surface area contributed by atoms with Crippen molar-refractivity contribution < 1.29 is 24.1 Å². The van der Waals surface area contributed by atoms with Gasteiger partial charge in [-0.1, -0.05) is 0 Å². The van der Waals surface area contributed by atoms with Gasteiger partial charge in [-0.15, -0.1) is 0 Å². The number of ether oxygens (including phenoxy) is 3. The predicted molar refractivity (Wildman–Crippen MR) is 53.4 cm³/mol. The van der Waals surface area contributed by atoms with Crippen molar-refractivity contribution in [1.29, 1.82) is 0 Å². The van der Waals surface area contributed by atoms with Crippen LogP contribution in [-0.4, -0.2) is 47.9 Å². The molecule has 0 spiro atoms. The number of amides is 1. The maximum absolute atomic E-state index is 10.7. The molecule has 2 saturated heterocycles. The van der Waals surface area contributed by atoms with E-state index in [2.05, 4.69) is 5.32 Å². The van der Waals surface area contributed by atoms with Gasteiger partial charge in [0.2, 0.25) is 5.91 Å². The number of aliphatic hydroxyl groups excluding tert-OH is 1. The summed E-state index contributed by atoms with van der Waals surface area (Å²) >= 11 is 0. The number of hydrogen-bond acceptors (Lipinski definition) is 5. The molecule has 2 N–H and O–H groups in total. The number of hydrogen-bond donors (Lipinski definition) is 2. The molecule has 92 valence electrons. The largest absolute Gasteiger partial charge is 0.387 e. The molecule has 1 amide bonds. The molecule has 0 aromatic rings. The first kappa shape index (κ1) is 11.8. The molecule has 0 bridgehead atoms. The molecule has 0 aliphatic carbocycles. The summed E-state index contributed by atoms with van der Waals surface area (Å²) in [6, 6.07) is 0. The Hall–Kier alpha value is -0.690. The molecular weight excluding hydrogens is 214 g/mol. The summed E-state index contributed by atoms with van der Waals surface area (Å²) in [5.41, 5.74) is 0. The molecule has 0 unspecified atom stereocenters. The zero-order chi connectivity index (χ0) is 11.9. The fourth-order valence-corrected chi connectivity index (χ4v) is 1.97. The molecule has 2 aliphatic heterocycles. The summed E-state index contributed by atoms with van der Waals surface area (Å²) in [7, 11) is 0. The second-order valence-electron chi connectivity index (χ2n) is 4.57. The maximum Gasteiger partial charge on any atom is 0.216 e. The van der Waals surface area contributed by atoms with Crippen molar-refractivity contribution >= 4 is 5.91 Å². The summed E-state index contributed by atoms with van der Waals surface area (Å²) in [6.07, 6.45) is -2.29. The van der Waals surface area contributed by atoms with Crippen LogP contribution in [0.3, 0.4) is 0 Å². The average molecular weight is 231 g/mol. The number of nitrogens with one attached hydrogen (secondary N) is 1. The molecule has 0 saturated carbocycles. The SMILES string of the molecule is CC(=O)NC[C@H]1O[C@@H]2OC(C)(C)O[C@@H]2[C@H]1O. The highest BCUT2D eigenvalue weighted by Gasteiger charge is 2.54. The quantitative estimate of drug-likeness (QED) is 0.661. The Morgan fingerprint density at radius 1 is 1.44 bits per heavy atom. The molecule has 2 aliphatic rings. The Kier molecular flexibility index (Phi) is 2.91. The molecule has 4 atom stereocenters. The molecular formula is C10H17NO5. The van der Waals surface area contributed by atoms with Gasteiger partial charge in [0, 0.05) is 13.5 Å². The van der Waals surface area contributed by atoms with Gasteiger partial charge in [0.1, 0.15) is 18.3 Å². The Labute approximate surface area is 93.9 Å². The highest BCUT2D eigenvalue weighted by atomic mass is 16.8. The second-order valence-corrected chi connectivity index (χ2v) is 4.57. The van der Waals surface area contributed by atoms with E-state index in [9.17, 15) is 9.90 Å². The Morgan fingerprint density at radius 2 is 2.12 bits per heavy atom. The normalized spacial score (nSPS) is 40.8. The van der Waals surface area contributed by atoms with Crippen molar-refractivity contribution in [3.05, 3.63) is 0 Å². The molecule has 6 heteroatoms. The summed E-state index contributed by atoms with van der Waals surface area (Å²) in [6.45, 7) is 5.21. The fourth-order valence-electron chi connectivity index (χ4n) is 1.97. The van der Waals surface area contributed by atoms with Crippen molar-refractivity contribution in [3.63, 3.8) is 0 Å². The molecule has 0 aromatic carbocycles. The van der Waals surface area contributed by atoms with Crippen molar-refractivity contribution in [1.82, 2.24) is 5.32 Å². The van der Waals surface area contributed by atoms with Crippen LogP contribution in [0.25, 0.3) is 0 Å². The van der Waals surface area contributed by atoms with E-state index in [0.717, 1.165) is 0 Å². The van der Waals surface area contributed by atoms with Crippen LogP contribution in [0.1, 0.15) is 20.8 Å². The number of fused-ring (bicyclic) bond motifs is 1. The minimum atomic E-state index is -0.779. The van der Waals surface area contributed by atoms with E-state index in [0.29, 0.717) is 0 Å². The Bertz CT molecular complexity index is 293. The van der Waals surface area contributed by atoms with Crippen LogP contribution in [0.4, 0.5) is 0 Å².